The predicted molar refractivity (Wildman–Crippen MR) is 80.5 cm³/mol. The molecule has 0 spiro atoms. The summed E-state index contributed by atoms with van der Waals surface area (Å²) < 4.78 is 10.2. The molecule has 0 fully saturated rings. The minimum atomic E-state index is -1.11. The highest BCUT2D eigenvalue weighted by Crippen LogP contribution is 2.21. The highest BCUT2D eigenvalue weighted by atomic mass is 16.5. The van der Waals surface area contributed by atoms with Gasteiger partial charge in [0, 0.05) is 5.69 Å². The summed E-state index contributed by atoms with van der Waals surface area (Å²) in [6.45, 7) is -0.507. The predicted octanol–water partition coefficient (Wildman–Crippen LogP) is 2.41. The van der Waals surface area contributed by atoms with E-state index in [0.717, 1.165) is 0 Å². The third-order valence-corrected chi connectivity index (χ3v) is 2.83. The van der Waals surface area contributed by atoms with Gasteiger partial charge in [0.15, 0.2) is 6.61 Å². The Kier molecular flexibility index (Phi) is 4.98. The quantitative estimate of drug-likeness (QED) is 0.856. The van der Waals surface area contributed by atoms with Gasteiger partial charge in [-0.15, -0.1) is 0 Å². The van der Waals surface area contributed by atoms with Crippen LogP contribution in [0.25, 0.3) is 0 Å². The Hall–Kier alpha value is -3.02. The monoisotopic (exact) mass is 301 g/mol. The van der Waals surface area contributed by atoms with E-state index in [4.69, 9.17) is 14.6 Å². The Morgan fingerprint density at radius 3 is 2.41 bits per heavy atom. The SMILES string of the molecule is COc1ccc(NC(=O)c2ccccc2OCC(=O)O)cc1. The fraction of sp³-hybridized carbons (Fsp3) is 0.125. The van der Waals surface area contributed by atoms with Crippen molar-refractivity contribution < 1.29 is 24.2 Å². The molecule has 2 aromatic carbocycles. The second-order valence-corrected chi connectivity index (χ2v) is 4.36. The van der Waals surface area contributed by atoms with Crippen LogP contribution in [0.5, 0.6) is 11.5 Å². The Labute approximate surface area is 127 Å². The molecule has 2 aromatic rings. The molecular weight excluding hydrogens is 286 g/mol. The van der Waals surface area contributed by atoms with E-state index in [-0.39, 0.29) is 17.2 Å². The van der Waals surface area contributed by atoms with Crippen molar-refractivity contribution in [1.82, 2.24) is 0 Å². The van der Waals surface area contributed by atoms with Crippen LogP contribution in [0.4, 0.5) is 5.69 Å². The first kappa shape index (κ1) is 15.4. The summed E-state index contributed by atoms with van der Waals surface area (Å²) in [7, 11) is 1.56. The number of anilines is 1. The number of hydrogen-bond acceptors (Lipinski definition) is 4. The summed E-state index contributed by atoms with van der Waals surface area (Å²) in [4.78, 5) is 22.8. The molecule has 2 rings (SSSR count). The maximum Gasteiger partial charge on any atom is 0.341 e. The molecule has 0 saturated carbocycles. The van der Waals surface area contributed by atoms with Crippen molar-refractivity contribution in [2.45, 2.75) is 0 Å². The van der Waals surface area contributed by atoms with Crippen LogP contribution in [-0.2, 0) is 4.79 Å². The Balaban J connectivity index is 2.12. The van der Waals surface area contributed by atoms with Crippen molar-refractivity contribution in [2.75, 3.05) is 19.0 Å². The van der Waals surface area contributed by atoms with Crippen molar-refractivity contribution in [3.05, 3.63) is 54.1 Å². The van der Waals surface area contributed by atoms with Crippen molar-refractivity contribution in [3.63, 3.8) is 0 Å². The van der Waals surface area contributed by atoms with Crippen LogP contribution in [-0.4, -0.2) is 30.7 Å². The summed E-state index contributed by atoms with van der Waals surface area (Å²) in [5.74, 6) is -0.587. The molecular formula is C16H15NO5. The highest BCUT2D eigenvalue weighted by molar-refractivity contribution is 6.06. The number of nitrogens with one attached hydrogen (secondary N) is 1. The Morgan fingerprint density at radius 2 is 1.77 bits per heavy atom. The number of rotatable bonds is 6. The van der Waals surface area contributed by atoms with Crippen LogP contribution in [0, 0.1) is 0 Å². The van der Waals surface area contributed by atoms with E-state index < -0.39 is 12.6 Å². The van der Waals surface area contributed by atoms with Gasteiger partial charge < -0.3 is 19.9 Å². The molecule has 0 aliphatic carbocycles. The number of ether oxygens (including phenoxy) is 2. The summed E-state index contributed by atoms with van der Waals surface area (Å²) in [6.07, 6.45) is 0. The third kappa shape index (κ3) is 3.99. The number of carbonyl (C=O) groups excluding carboxylic acids is 1. The lowest BCUT2D eigenvalue weighted by atomic mass is 10.2. The maximum atomic E-state index is 12.3. The van der Waals surface area contributed by atoms with Gasteiger partial charge >= 0.3 is 5.97 Å². The molecule has 0 unspecified atom stereocenters. The molecule has 2 N–H and O–H groups in total. The minimum Gasteiger partial charge on any atom is -0.497 e. The van der Waals surface area contributed by atoms with E-state index in [0.29, 0.717) is 11.4 Å². The smallest absolute Gasteiger partial charge is 0.341 e. The zero-order valence-electron chi connectivity index (χ0n) is 11.9. The molecule has 0 radical (unpaired) electrons. The van der Waals surface area contributed by atoms with Crippen LogP contribution in [0.1, 0.15) is 10.4 Å². The molecule has 0 aromatic heterocycles. The molecule has 0 saturated heterocycles. The van der Waals surface area contributed by atoms with Gasteiger partial charge in [0.1, 0.15) is 11.5 Å². The van der Waals surface area contributed by atoms with Crippen LogP contribution < -0.4 is 14.8 Å². The van der Waals surface area contributed by atoms with Crippen LogP contribution >= 0.6 is 0 Å². The normalized spacial score (nSPS) is 9.86. The lowest BCUT2D eigenvalue weighted by Crippen LogP contribution is -2.16. The number of para-hydroxylation sites is 1. The average molecular weight is 301 g/mol. The summed E-state index contributed by atoms with van der Waals surface area (Å²) in [5.41, 5.74) is 0.860. The number of carbonyl (C=O) groups is 2. The second-order valence-electron chi connectivity index (χ2n) is 4.36. The molecule has 0 bridgehead atoms. The largest absolute Gasteiger partial charge is 0.497 e. The van der Waals surface area contributed by atoms with Gasteiger partial charge in [-0.25, -0.2) is 4.79 Å². The minimum absolute atomic E-state index is 0.218. The molecule has 0 aliphatic rings. The second kappa shape index (κ2) is 7.12. The van der Waals surface area contributed by atoms with E-state index in [9.17, 15) is 9.59 Å². The van der Waals surface area contributed by atoms with E-state index in [1.807, 2.05) is 0 Å². The fourth-order valence-corrected chi connectivity index (χ4v) is 1.79. The van der Waals surface area contributed by atoms with Gasteiger partial charge in [-0.2, -0.15) is 0 Å². The van der Waals surface area contributed by atoms with E-state index in [2.05, 4.69) is 5.32 Å². The molecule has 6 heteroatoms. The molecule has 114 valence electrons. The maximum absolute atomic E-state index is 12.3. The highest BCUT2D eigenvalue weighted by Gasteiger charge is 2.13. The Morgan fingerprint density at radius 1 is 1.09 bits per heavy atom. The van der Waals surface area contributed by atoms with Crippen LogP contribution in [0.3, 0.4) is 0 Å². The summed E-state index contributed by atoms with van der Waals surface area (Å²) >= 11 is 0. The van der Waals surface area contributed by atoms with Crippen molar-refractivity contribution >= 4 is 17.6 Å². The van der Waals surface area contributed by atoms with Gasteiger partial charge in [-0.1, -0.05) is 12.1 Å². The number of methoxy groups -OCH3 is 1. The van der Waals surface area contributed by atoms with E-state index in [1.54, 1.807) is 55.6 Å². The lowest BCUT2D eigenvalue weighted by Gasteiger charge is -2.10. The zero-order valence-corrected chi connectivity index (χ0v) is 11.9. The number of carboxylic acid groups (broad SMARTS) is 1. The number of hydrogen-bond donors (Lipinski definition) is 2. The number of carboxylic acids is 1. The van der Waals surface area contributed by atoms with Crippen LogP contribution in [0.15, 0.2) is 48.5 Å². The third-order valence-electron chi connectivity index (χ3n) is 2.83. The zero-order chi connectivity index (χ0) is 15.9. The first-order valence-electron chi connectivity index (χ1n) is 6.49. The topological polar surface area (TPSA) is 84.9 Å². The van der Waals surface area contributed by atoms with Gasteiger partial charge in [0.05, 0.1) is 12.7 Å². The van der Waals surface area contributed by atoms with E-state index >= 15 is 0 Å². The van der Waals surface area contributed by atoms with Crippen LogP contribution in [0.2, 0.25) is 0 Å². The van der Waals surface area contributed by atoms with Crippen molar-refractivity contribution in [3.8, 4) is 11.5 Å². The first-order chi connectivity index (χ1) is 10.6. The summed E-state index contributed by atoms with van der Waals surface area (Å²) in [6, 6.07) is 13.3. The number of amides is 1. The molecule has 0 heterocycles. The van der Waals surface area contributed by atoms with Gasteiger partial charge in [-0.05, 0) is 36.4 Å². The molecule has 22 heavy (non-hydrogen) atoms. The van der Waals surface area contributed by atoms with Crippen molar-refractivity contribution in [1.29, 1.82) is 0 Å². The molecule has 0 atom stereocenters. The average Bonchev–Trinajstić information content (AvgIpc) is 2.54. The summed E-state index contributed by atoms with van der Waals surface area (Å²) in [5, 5.41) is 11.4. The molecule has 1 amide bonds. The van der Waals surface area contributed by atoms with Gasteiger partial charge in [0.25, 0.3) is 5.91 Å². The number of benzene rings is 2. The molecule has 0 aliphatic heterocycles. The van der Waals surface area contributed by atoms with E-state index in [1.165, 1.54) is 0 Å². The first-order valence-corrected chi connectivity index (χ1v) is 6.49. The molecule has 6 nitrogen and oxygen atoms in total. The lowest BCUT2D eigenvalue weighted by molar-refractivity contribution is -0.139. The fourth-order valence-electron chi connectivity index (χ4n) is 1.79. The van der Waals surface area contributed by atoms with Crippen molar-refractivity contribution in [2.24, 2.45) is 0 Å². The van der Waals surface area contributed by atoms with Gasteiger partial charge in [0.2, 0.25) is 0 Å². The van der Waals surface area contributed by atoms with Gasteiger partial charge in [-0.3, -0.25) is 4.79 Å². The number of aliphatic carboxylic acids is 1. The standard InChI is InChI=1S/C16H15NO5/c1-21-12-8-6-11(7-9-12)17-16(20)13-4-2-3-5-14(13)22-10-15(18)19/h2-9H,10H2,1H3,(H,17,20)(H,18,19). The Bertz CT molecular complexity index is 666.